The first-order valence-electron chi connectivity index (χ1n) is 8.26. The Hall–Kier alpha value is -1.06. The average Bonchev–Trinajstić information content (AvgIpc) is 2.48. The summed E-state index contributed by atoms with van der Waals surface area (Å²) in [5.74, 6) is 1.32. The van der Waals surface area contributed by atoms with Gasteiger partial charge in [0, 0.05) is 6.04 Å². The largest absolute Gasteiger partial charge is 0.508 e. The summed E-state index contributed by atoms with van der Waals surface area (Å²) >= 11 is 0. The van der Waals surface area contributed by atoms with E-state index in [0.29, 0.717) is 23.6 Å². The Balaban J connectivity index is 1.70. The lowest BCUT2D eigenvalue weighted by atomic mass is 9.81. The highest BCUT2D eigenvalue weighted by Gasteiger charge is 2.22. The zero-order valence-corrected chi connectivity index (χ0v) is 13.3. The zero-order valence-electron chi connectivity index (χ0n) is 13.3. The summed E-state index contributed by atoms with van der Waals surface area (Å²) in [6.45, 7) is 5.04. The molecule has 0 heterocycles. The van der Waals surface area contributed by atoms with Crippen molar-refractivity contribution >= 4 is 0 Å². The highest BCUT2D eigenvalue weighted by atomic mass is 16.3. The van der Waals surface area contributed by atoms with Crippen LogP contribution in [0.25, 0.3) is 0 Å². The van der Waals surface area contributed by atoms with Crippen molar-refractivity contribution in [3.8, 4) is 5.75 Å². The molecule has 1 saturated carbocycles. The van der Waals surface area contributed by atoms with Crippen molar-refractivity contribution in [3.63, 3.8) is 0 Å². The lowest BCUT2D eigenvalue weighted by Gasteiger charge is -2.30. The second kappa shape index (κ2) is 7.81. The minimum Gasteiger partial charge on any atom is -0.508 e. The van der Waals surface area contributed by atoms with Gasteiger partial charge >= 0.3 is 0 Å². The standard InChI is InChI=1S/C18H29NO2/c1-13(2)18(21)11-12-19-16-7-3-14(4-8-16)15-5-9-17(20)10-6-15/h5-6,9-10,13-14,16,18-21H,3-4,7-8,11-12H2,1-2H3. The first-order chi connectivity index (χ1) is 10.1. The normalized spacial score (nSPS) is 24.2. The number of benzene rings is 1. The van der Waals surface area contributed by atoms with Crippen LogP contribution < -0.4 is 5.32 Å². The third-order valence-electron chi connectivity index (χ3n) is 4.73. The van der Waals surface area contributed by atoms with E-state index < -0.39 is 0 Å². The van der Waals surface area contributed by atoms with Crippen LogP contribution in [-0.4, -0.2) is 28.9 Å². The molecule has 0 spiro atoms. The monoisotopic (exact) mass is 291 g/mol. The van der Waals surface area contributed by atoms with E-state index in [-0.39, 0.29) is 6.10 Å². The van der Waals surface area contributed by atoms with E-state index in [1.54, 1.807) is 12.1 Å². The Bertz CT molecular complexity index is 408. The van der Waals surface area contributed by atoms with Crippen molar-refractivity contribution < 1.29 is 10.2 Å². The summed E-state index contributed by atoms with van der Waals surface area (Å²) in [6.07, 6.45) is 5.46. The lowest BCUT2D eigenvalue weighted by molar-refractivity contribution is 0.114. The van der Waals surface area contributed by atoms with Gasteiger partial charge in [-0.2, -0.15) is 0 Å². The van der Waals surface area contributed by atoms with Gasteiger partial charge in [0.1, 0.15) is 5.75 Å². The second-order valence-corrected chi connectivity index (χ2v) is 6.69. The topological polar surface area (TPSA) is 52.5 Å². The third-order valence-corrected chi connectivity index (χ3v) is 4.73. The summed E-state index contributed by atoms with van der Waals surface area (Å²) < 4.78 is 0. The van der Waals surface area contributed by atoms with Crippen LogP contribution in [0, 0.1) is 5.92 Å². The average molecular weight is 291 g/mol. The Morgan fingerprint density at radius 2 is 1.71 bits per heavy atom. The molecule has 1 unspecified atom stereocenters. The van der Waals surface area contributed by atoms with Crippen LogP contribution in [0.4, 0.5) is 0 Å². The van der Waals surface area contributed by atoms with Crippen molar-refractivity contribution in [3.05, 3.63) is 29.8 Å². The van der Waals surface area contributed by atoms with Crippen LogP contribution in [0.5, 0.6) is 5.75 Å². The number of rotatable bonds is 6. The van der Waals surface area contributed by atoms with Crippen molar-refractivity contribution in [1.29, 1.82) is 0 Å². The highest BCUT2D eigenvalue weighted by molar-refractivity contribution is 5.28. The molecule has 3 N–H and O–H groups in total. The van der Waals surface area contributed by atoms with Gasteiger partial charge in [-0.1, -0.05) is 26.0 Å². The molecule has 1 fully saturated rings. The van der Waals surface area contributed by atoms with Gasteiger partial charge in [0.25, 0.3) is 0 Å². The van der Waals surface area contributed by atoms with E-state index in [9.17, 15) is 10.2 Å². The molecule has 21 heavy (non-hydrogen) atoms. The molecule has 118 valence electrons. The molecular weight excluding hydrogens is 262 g/mol. The number of aliphatic hydroxyl groups excluding tert-OH is 1. The van der Waals surface area contributed by atoms with E-state index >= 15 is 0 Å². The Morgan fingerprint density at radius 1 is 1.10 bits per heavy atom. The minimum atomic E-state index is -0.189. The Labute approximate surface area is 128 Å². The molecule has 3 heteroatoms. The van der Waals surface area contributed by atoms with Gasteiger partial charge in [-0.25, -0.2) is 0 Å². The number of hydrogen-bond donors (Lipinski definition) is 3. The van der Waals surface area contributed by atoms with Crippen LogP contribution in [-0.2, 0) is 0 Å². The smallest absolute Gasteiger partial charge is 0.115 e. The fourth-order valence-electron chi connectivity index (χ4n) is 3.15. The lowest BCUT2D eigenvalue weighted by Crippen LogP contribution is -2.35. The molecule has 1 aromatic rings. The van der Waals surface area contributed by atoms with Gasteiger partial charge in [-0.05, 0) is 68.2 Å². The zero-order chi connectivity index (χ0) is 15.2. The van der Waals surface area contributed by atoms with Crippen LogP contribution in [0.3, 0.4) is 0 Å². The van der Waals surface area contributed by atoms with Gasteiger partial charge in [0.15, 0.2) is 0 Å². The molecule has 0 bridgehead atoms. The molecule has 0 radical (unpaired) electrons. The van der Waals surface area contributed by atoms with Crippen molar-refractivity contribution in [1.82, 2.24) is 5.32 Å². The molecule has 1 aromatic carbocycles. The van der Waals surface area contributed by atoms with E-state index in [4.69, 9.17) is 0 Å². The summed E-state index contributed by atoms with van der Waals surface area (Å²) in [5.41, 5.74) is 1.35. The number of aliphatic hydroxyl groups is 1. The molecule has 1 aliphatic carbocycles. The third kappa shape index (κ3) is 5.01. The van der Waals surface area contributed by atoms with Gasteiger partial charge in [0.05, 0.1) is 6.10 Å². The number of phenolic OH excluding ortho intramolecular Hbond substituents is 1. The number of aromatic hydroxyl groups is 1. The van der Waals surface area contributed by atoms with E-state index in [0.717, 1.165) is 13.0 Å². The molecule has 3 nitrogen and oxygen atoms in total. The summed E-state index contributed by atoms with van der Waals surface area (Å²) in [4.78, 5) is 0. The second-order valence-electron chi connectivity index (χ2n) is 6.69. The highest BCUT2D eigenvalue weighted by Crippen LogP contribution is 2.33. The van der Waals surface area contributed by atoms with E-state index in [1.165, 1.54) is 31.2 Å². The fourth-order valence-corrected chi connectivity index (χ4v) is 3.15. The first-order valence-corrected chi connectivity index (χ1v) is 8.26. The molecule has 2 rings (SSSR count). The van der Waals surface area contributed by atoms with E-state index in [1.807, 2.05) is 12.1 Å². The quantitative estimate of drug-likeness (QED) is 0.753. The van der Waals surface area contributed by atoms with Crippen molar-refractivity contribution in [2.24, 2.45) is 5.92 Å². The minimum absolute atomic E-state index is 0.189. The van der Waals surface area contributed by atoms with Gasteiger partial charge in [0.2, 0.25) is 0 Å². The van der Waals surface area contributed by atoms with Crippen molar-refractivity contribution in [2.45, 2.75) is 64.0 Å². The molecule has 1 aliphatic rings. The Kier molecular flexibility index (Phi) is 6.07. The van der Waals surface area contributed by atoms with Gasteiger partial charge in [-0.3, -0.25) is 0 Å². The van der Waals surface area contributed by atoms with Crippen LogP contribution in [0.2, 0.25) is 0 Å². The maximum Gasteiger partial charge on any atom is 0.115 e. The summed E-state index contributed by atoms with van der Waals surface area (Å²) in [7, 11) is 0. The predicted octanol–water partition coefficient (Wildman–Crippen LogP) is 3.42. The Morgan fingerprint density at radius 3 is 2.29 bits per heavy atom. The fraction of sp³-hybridized carbons (Fsp3) is 0.667. The summed E-state index contributed by atoms with van der Waals surface area (Å²) in [6, 6.07) is 8.26. The summed E-state index contributed by atoms with van der Waals surface area (Å²) in [5, 5.41) is 22.7. The van der Waals surface area contributed by atoms with Crippen LogP contribution >= 0.6 is 0 Å². The van der Waals surface area contributed by atoms with Gasteiger partial charge in [-0.15, -0.1) is 0 Å². The van der Waals surface area contributed by atoms with E-state index in [2.05, 4.69) is 19.2 Å². The maximum atomic E-state index is 9.81. The van der Waals surface area contributed by atoms with Gasteiger partial charge < -0.3 is 15.5 Å². The number of nitrogens with one attached hydrogen (secondary N) is 1. The van der Waals surface area contributed by atoms with Crippen LogP contribution in [0.1, 0.15) is 57.4 Å². The molecule has 0 saturated heterocycles. The molecule has 0 aliphatic heterocycles. The number of phenols is 1. The van der Waals surface area contributed by atoms with Crippen molar-refractivity contribution in [2.75, 3.05) is 6.54 Å². The molecular formula is C18H29NO2. The predicted molar refractivity (Wildman–Crippen MR) is 86.6 cm³/mol. The maximum absolute atomic E-state index is 9.81. The number of hydrogen-bond acceptors (Lipinski definition) is 3. The van der Waals surface area contributed by atoms with Crippen LogP contribution in [0.15, 0.2) is 24.3 Å². The first kappa shape index (κ1) is 16.3. The molecule has 1 atom stereocenters. The SMILES string of the molecule is CC(C)C(O)CCNC1CCC(c2ccc(O)cc2)CC1. The molecule has 0 aromatic heterocycles. The molecule has 0 amide bonds.